The molecule has 2 heterocycles. The van der Waals surface area contributed by atoms with Crippen molar-refractivity contribution < 1.29 is 9.53 Å². The summed E-state index contributed by atoms with van der Waals surface area (Å²) in [6, 6.07) is 5.20. The number of hydrogen-bond donors (Lipinski definition) is 1. The average molecular weight is 326 g/mol. The van der Waals surface area contributed by atoms with Gasteiger partial charge >= 0.3 is 0 Å². The molecule has 0 aliphatic carbocycles. The molecule has 3 rings (SSSR count). The second-order valence-electron chi connectivity index (χ2n) is 4.88. The molecule has 0 spiro atoms. The summed E-state index contributed by atoms with van der Waals surface area (Å²) in [7, 11) is 1.76. The van der Waals surface area contributed by atoms with E-state index in [0.717, 1.165) is 5.56 Å². The van der Waals surface area contributed by atoms with E-state index in [1.165, 1.54) is 0 Å². The fraction of sp³-hybridized carbons (Fsp3) is 0.286. The van der Waals surface area contributed by atoms with Gasteiger partial charge in [0.15, 0.2) is 5.15 Å². The Morgan fingerprint density at radius 3 is 3.05 bits per heavy atom. The third-order valence-corrected chi connectivity index (χ3v) is 3.95. The van der Waals surface area contributed by atoms with E-state index in [4.69, 9.17) is 27.9 Å². The standard InChI is InChI=1S/C14H13Cl2N3O2/c1-19-6-8(14(16)18-19)5-12(20)17-10-7-21-11-4-2-3-9(15)13(10)11/h2-4,6,10H,5,7H2,1H3,(H,17,20). The van der Waals surface area contributed by atoms with Gasteiger partial charge in [-0.15, -0.1) is 0 Å². The molecule has 5 nitrogen and oxygen atoms in total. The molecule has 1 aliphatic heterocycles. The third-order valence-electron chi connectivity index (χ3n) is 3.31. The van der Waals surface area contributed by atoms with Crippen molar-refractivity contribution in [2.24, 2.45) is 7.05 Å². The van der Waals surface area contributed by atoms with Crippen molar-refractivity contribution in [3.63, 3.8) is 0 Å². The first kappa shape index (κ1) is 14.2. The molecule has 7 heteroatoms. The van der Waals surface area contributed by atoms with Crippen molar-refractivity contribution in [3.05, 3.63) is 45.7 Å². The first-order valence-corrected chi connectivity index (χ1v) is 7.19. The van der Waals surface area contributed by atoms with E-state index in [1.807, 2.05) is 12.1 Å². The molecule has 1 N–H and O–H groups in total. The number of rotatable bonds is 3. The molecule has 0 saturated heterocycles. The maximum Gasteiger partial charge on any atom is 0.225 e. The van der Waals surface area contributed by atoms with E-state index in [9.17, 15) is 4.79 Å². The maximum absolute atomic E-state index is 12.1. The highest BCUT2D eigenvalue weighted by atomic mass is 35.5. The Kier molecular flexibility index (Phi) is 3.78. The van der Waals surface area contributed by atoms with Gasteiger partial charge < -0.3 is 10.1 Å². The van der Waals surface area contributed by atoms with Crippen molar-refractivity contribution in [2.45, 2.75) is 12.5 Å². The molecule has 0 saturated carbocycles. The first-order valence-electron chi connectivity index (χ1n) is 6.43. The summed E-state index contributed by atoms with van der Waals surface area (Å²) in [6.07, 6.45) is 1.90. The van der Waals surface area contributed by atoms with Crippen LogP contribution in [0.3, 0.4) is 0 Å². The topological polar surface area (TPSA) is 56.2 Å². The predicted octanol–water partition coefficient (Wildman–Crippen LogP) is 2.52. The van der Waals surface area contributed by atoms with Gasteiger partial charge in [-0.25, -0.2) is 0 Å². The SMILES string of the molecule is Cn1cc(CC(=O)NC2COc3cccc(Cl)c32)c(Cl)n1. The third kappa shape index (κ3) is 2.84. The Balaban J connectivity index is 1.71. The van der Waals surface area contributed by atoms with Crippen LogP contribution < -0.4 is 10.1 Å². The number of carbonyl (C=O) groups excluding carboxylic acids is 1. The number of ether oxygens (including phenoxy) is 1. The molecule has 1 unspecified atom stereocenters. The van der Waals surface area contributed by atoms with Crippen LogP contribution in [0.25, 0.3) is 0 Å². The van der Waals surface area contributed by atoms with Crippen LogP contribution >= 0.6 is 23.2 Å². The zero-order valence-electron chi connectivity index (χ0n) is 11.3. The number of carbonyl (C=O) groups is 1. The average Bonchev–Trinajstić information content (AvgIpc) is 2.95. The van der Waals surface area contributed by atoms with Gasteiger partial charge in [-0.1, -0.05) is 29.3 Å². The van der Waals surface area contributed by atoms with Gasteiger partial charge in [0.1, 0.15) is 12.4 Å². The van der Waals surface area contributed by atoms with Crippen LogP contribution in [-0.4, -0.2) is 22.3 Å². The molecule has 21 heavy (non-hydrogen) atoms. The molecule has 1 amide bonds. The second kappa shape index (κ2) is 5.58. The molecule has 0 radical (unpaired) electrons. The Hall–Kier alpha value is -1.72. The summed E-state index contributed by atoms with van der Waals surface area (Å²) in [5.41, 5.74) is 1.51. The zero-order valence-corrected chi connectivity index (χ0v) is 12.8. The maximum atomic E-state index is 12.1. The van der Waals surface area contributed by atoms with Gasteiger partial charge in [0.05, 0.1) is 12.5 Å². The lowest BCUT2D eigenvalue weighted by molar-refractivity contribution is -0.121. The monoisotopic (exact) mass is 325 g/mol. The van der Waals surface area contributed by atoms with Crippen molar-refractivity contribution in [2.75, 3.05) is 6.61 Å². The molecule has 0 fully saturated rings. The fourth-order valence-corrected chi connectivity index (χ4v) is 2.93. The summed E-state index contributed by atoms with van der Waals surface area (Å²) in [4.78, 5) is 12.1. The van der Waals surface area contributed by atoms with Crippen LogP contribution in [0.2, 0.25) is 10.2 Å². The Morgan fingerprint density at radius 1 is 1.52 bits per heavy atom. The van der Waals surface area contributed by atoms with E-state index < -0.39 is 0 Å². The van der Waals surface area contributed by atoms with Crippen molar-refractivity contribution in [1.82, 2.24) is 15.1 Å². The number of halogens is 2. The highest BCUT2D eigenvalue weighted by molar-refractivity contribution is 6.31. The quantitative estimate of drug-likeness (QED) is 0.943. The van der Waals surface area contributed by atoms with Crippen LogP contribution in [0.1, 0.15) is 17.2 Å². The minimum absolute atomic E-state index is 0.147. The number of amides is 1. The molecule has 1 atom stereocenters. The van der Waals surface area contributed by atoms with E-state index in [0.29, 0.717) is 28.1 Å². The lowest BCUT2D eigenvalue weighted by Crippen LogP contribution is -2.30. The van der Waals surface area contributed by atoms with Gasteiger partial charge in [0.25, 0.3) is 0 Å². The lowest BCUT2D eigenvalue weighted by atomic mass is 10.1. The van der Waals surface area contributed by atoms with Crippen LogP contribution in [0.5, 0.6) is 5.75 Å². The fourth-order valence-electron chi connectivity index (χ4n) is 2.40. The number of aryl methyl sites for hydroxylation is 1. The van der Waals surface area contributed by atoms with Crippen molar-refractivity contribution in [1.29, 1.82) is 0 Å². The van der Waals surface area contributed by atoms with Crippen LogP contribution in [0.15, 0.2) is 24.4 Å². The van der Waals surface area contributed by atoms with E-state index in [-0.39, 0.29) is 18.4 Å². The highest BCUT2D eigenvalue weighted by Crippen LogP contribution is 2.37. The zero-order chi connectivity index (χ0) is 15.0. The van der Waals surface area contributed by atoms with E-state index in [1.54, 1.807) is 24.0 Å². The predicted molar refractivity (Wildman–Crippen MR) is 79.8 cm³/mol. The molecule has 1 aromatic heterocycles. The minimum Gasteiger partial charge on any atom is -0.491 e. The lowest BCUT2D eigenvalue weighted by Gasteiger charge is -2.12. The molecule has 2 aromatic rings. The van der Waals surface area contributed by atoms with Crippen LogP contribution in [-0.2, 0) is 18.3 Å². The minimum atomic E-state index is -0.239. The number of nitrogens with one attached hydrogen (secondary N) is 1. The van der Waals surface area contributed by atoms with Gasteiger partial charge in [0, 0.05) is 29.4 Å². The molecule has 1 aliphatic rings. The summed E-state index contributed by atoms with van der Waals surface area (Å²) in [5, 5.41) is 7.85. The number of benzene rings is 1. The van der Waals surface area contributed by atoms with Gasteiger partial charge in [-0.05, 0) is 12.1 Å². The van der Waals surface area contributed by atoms with Gasteiger partial charge in [0.2, 0.25) is 5.91 Å². The van der Waals surface area contributed by atoms with E-state index >= 15 is 0 Å². The second-order valence-corrected chi connectivity index (χ2v) is 5.64. The van der Waals surface area contributed by atoms with Gasteiger partial charge in [-0.3, -0.25) is 9.48 Å². The number of nitrogens with zero attached hydrogens (tertiary/aromatic N) is 2. The Labute approximate surface area is 131 Å². The Bertz CT molecular complexity index is 700. The molecule has 1 aromatic carbocycles. The number of aromatic nitrogens is 2. The summed E-state index contributed by atoms with van der Waals surface area (Å²) >= 11 is 12.1. The van der Waals surface area contributed by atoms with Gasteiger partial charge in [-0.2, -0.15) is 5.10 Å². The largest absolute Gasteiger partial charge is 0.491 e. The molecule has 110 valence electrons. The Morgan fingerprint density at radius 2 is 2.33 bits per heavy atom. The highest BCUT2D eigenvalue weighted by Gasteiger charge is 2.28. The first-order chi connectivity index (χ1) is 10.0. The number of fused-ring (bicyclic) bond motifs is 1. The molecule has 0 bridgehead atoms. The normalized spacial score (nSPS) is 16.4. The van der Waals surface area contributed by atoms with Crippen LogP contribution in [0.4, 0.5) is 0 Å². The van der Waals surface area contributed by atoms with Crippen molar-refractivity contribution >= 4 is 29.1 Å². The summed E-state index contributed by atoms with van der Waals surface area (Å²) in [6.45, 7) is 0.381. The summed E-state index contributed by atoms with van der Waals surface area (Å²) in [5.74, 6) is 0.568. The molecular formula is C14H13Cl2N3O2. The van der Waals surface area contributed by atoms with E-state index in [2.05, 4.69) is 10.4 Å². The summed E-state index contributed by atoms with van der Waals surface area (Å²) < 4.78 is 7.11. The number of hydrogen-bond acceptors (Lipinski definition) is 3. The smallest absolute Gasteiger partial charge is 0.225 e. The van der Waals surface area contributed by atoms with Crippen LogP contribution in [0, 0.1) is 0 Å². The van der Waals surface area contributed by atoms with Crippen molar-refractivity contribution in [3.8, 4) is 5.75 Å². The molecular weight excluding hydrogens is 313 g/mol.